The predicted molar refractivity (Wildman–Crippen MR) is 69.7 cm³/mol. The van der Waals surface area contributed by atoms with Gasteiger partial charge in [0.1, 0.15) is 0 Å². The highest BCUT2D eigenvalue weighted by Crippen LogP contribution is 2.11. The molecule has 0 heterocycles. The largest absolute Gasteiger partial charge is 0.392 e. The van der Waals surface area contributed by atoms with Crippen molar-refractivity contribution in [3.8, 4) is 0 Å². The third-order valence-corrected chi connectivity index (χ3v) is 2.88. The van der Waals surface area contributed by atoms with E-state index in [9.17, 15) is 4.79 Å². The first-order chi connectivity index (χ1) is 7.11. The second-order valence-electron chi connectivity index (χ2n) is 3.69. The van der Waals surface area contributed by atoms with E-state index < -0.39 is 6.10 Å². The van der Waals surface area contributed by atoms with E-state index in [-0.39, 0.29) is 11.8 Å². The molecule has 0 rings (SSSR count). The normalized spacial score (nSPS) is 14.7. The molecule has 15 heavy (non-hydrogen) atoms. The molecule has 5 heteroatoms. The fourth-order valence-corrected chi connectivity index (χ4v) is 1.77. The Morgan fingerprint density at radius 1 is 1.40 bits per heavy atom. The van der Waals surface area contributed by atoms with Crippen LogP contribution >= 0.6 is 25.3 Å². The van der Waals surface area contributed by atoms with Crippen LogP contribution < -0.4 is 5.32 Å². The Hall–Kier alpha value is 0.130. The van der Waals surface area contributed by atoms with Crippen molar-refractivity contribution >= 4 is 31.2 Å². The molecule has 0 aromatic carbocycles. The van der Waals surface area contributed by atoms with Crippen LogP contribution in [-0.2, 0) is 4.79 Å². The number of carbonyl (C=O) groups excluding carboxylic acids is 1. The van der Waals surface area contributed by atoms with Gasteiger partial charge >= 0.3 is 0 Å². The van der Waals surface area contributed by atoms with Gasteiger partial charge in [-0.05, 0) is 25.5 Å². The molecule has 3 nitrogen and oxygen atoms in total. The SMILES string of the molecule is CC(O)CNC(=O)C(CS)CCCCS. The average Bonchev–Trinajstić information content (AvgIpc) is 2.21. The molecule has 0 spiro atoms. The van der Waals surface area contributed by atoms with Gasteiger partial charge in [-0.3, -0.25) is 4.79 Å². The molecule has 0 saturated carbocycles. The van der Waals surface area contributed by atoms with Crippen LogP contribution in [0.3, 0.4) is 0 Å². The molecule has 2 atom stereocenters. The van der Waals surface area contributed by atoms with Crippen LogP contribution in [-0.4, -0.2) is 35.2 Å². The monoisotopic (exact) mass is 251 g/mol. The summed E-state index contributed by atoms with van der Waals surface area (Å²) in [5.41, 5.74) is 0. The standard InChI is InChI=1S/C10H21NO2S2/c1-8(12)6-11-10(13)9(7-15)4-2-3-5-14/h8-9,12,14-15H,2-7H2,1H3,(H,11,13). The van der Waals surface area contributed by atoms with Gasteiger partial charge in [-0.25, -0.2) is 0 Å². The Balaban J connectivity index is 3.77. The first-order valence-corrected chi connectivity index (χ1v) is 6.55. The van der Waals surface area contributed by atoms with Crippen molar-refractivity contribution in [3.05, 3.63) is 0 Å². The molecule has 2 N–H and O–H groups in total. The van der Waals surface area contributed by atoms with Crippen LogP contribution in [0.15, 0.2) is 0 Å². The Labute approximate surface area is 103 Å². The van der Waals surface area contributed by atoms with Gasteiger partial charge in [0.25, 0.3) is 0 Å². The van der Waals surface area contributed by atoms with Crippen LogP contribution in [0.5, 0.6) is 0 Å². The summed E-state index contributed by atoms with van der Waals surface area (Å²) in [7, 11) is 0. The number of amides is 1. The molecular formula is C10H21NO2S2. The summed E-state index contributed by atoms with van der Waals surface area (Å²) >= 11 is 8.28. The molecule has 2 unspecified atom stereocenters. The number of rotatable bonds is 8. The van der Waals surface area contributed by atoms with Gasteiger partial charge in [0.2, 0.25) is 5.91 Å². The Morgan fingerprint density at radius 2 is 2.07 bits per heavy atom. The van der Waals surface area contributed by atoms with Gasteiger partial charge in [0, 0.05) is 18.2 Å². The molecule has 0 radical (unpaired) electrons. The minimum absolute atomic E-state index is 0.00920. The maximum absolute atomic E-state index is 11.6. The highest BCUT2D eigenvalue weighted by Gasteiger charge is 2.16. The molecular weight excluding hydrogens is 230 g/mol. The van der Waals surface area contributed by atoms with E-state index in [0.29, 0.717) is 12.3 Å². The van der Waals surface area contributed by atoms with Crippen molar-refractivity contribution in [1.29, 1.82) is 0 Å². The third-order valence-electron chi connectivity index (χ3n) is 2.12. The number of hydrogen-bond acceptors (Lipinski definition) is 4. The average molecular weight is 251 g/mol. The zero-order valence-corrected chi connectivity index (χ0v) is 10.9. The molecule has 0 fully saturated rings. The summed E-state index contributed by atoms with van der Waals surface area (Å²) in [4.78, 5) is 11.6. The fourth-order valence-electron chi connectivity index (χ4n) is 1.20. The molecule has 0 aliphatic heterocycles. The zero-order chi connectivity index (χ0) is 11.7. The summed E-state index contributed by atoms with van der Waals surface area (Å²) in [6.45, 7) is 1.96. The second-order valence-corrected chi connectivity index (χ2v) is 4.51. The van der Waals surface area contributed by atoms with Crippen molar-refractivity contribution in [1.82, 2.24) is 5.32 Å². The van der Waals surface area contributed by atoms with Crippen molar-refractivity contribution in [2.24, 2.45) is 5.92 Å². The number of thiol groups is 2. The minimum Gasteiger partial charge on any atom is -0.392 e. The number of nitrogens with one attached hydrogen (secondary N) is 1. The predicted octanol–water partition coefficient (Wildman–Crippen LogP) is 1.13. The lowest BCUT2D eigenvalue weighted by Crippen LogP contribution is -2.36. The quantitative estimate of drug-likeness (QED) is 0.386. The highest BCUT2D eigenvalue weighted by molar-refractivity contribution is 7.80. The van der Waals surface area contributed by atoms with Gasteiger partial charge in [0.05, 0.1) is 6.10 Å². The zero-order valence-electron chi connectivity index (χ0n) is 9.15. The van der Waals surface area contributed by atoms with Gasteiger partial charge in [0.15, 0.2) is 0 Å². The van der Waals surface area contributed by atoms with E-state index in [0.717, 1.165) is 25.0 Å². The highest BCUT2D eigenvalue weighted by atomic mass is 32.1. The smallest absolute Gasteiger partial charge is 0.224 e. The topological polar surface area (TPSA) is 49.3 Å². The molecule has 1 amide bonds. The van der Waals surface area contributed by atoms with E-state index in [1.54, 1.807) is 6.92 Å². The number of hydrogen-bond donors (Lipinski definition) is 4. The first-order valence-electron chi connectivity index (χ1n) is 5.29. The summed E-state index contributed by atoms with van der Waals surface area (Å²) < 4.78 is 0. The lowest BCUT2D eigenvalue weighted by Gasteiger charge is -2.15. The molecule has 0 bridgehead atoms. The molecule has 0 aromatic rings. The van der Waals surface area contributed by atoms with Crippen LogP contribution in [0, 0.1) is 5.92 Å². The number of carbonyl (C=O) groups is 1. The molecule has 0 aliphatic carbocycles. The van der Waals surface area contributed by atoms with Gasteiger partial charge in [-0.2, -0.15) is 25.3 Å². The van der Waals surface area contributed by atoms with Crippen LogP contribution in [0.2, 0.25) is 0 Å². The lowest BCUT2D eigenvalue weighted by atomic mass is 10.0. The Morgan fingerprint density at radius 3 is 2.53 bits per heavy atom. The van der Waals surface area contributed by atoms with Crippen molar-refractivity contribution in [3.63, 3.8) is 0 Å². The fraction of sp³-hybridized carbons (Fsp3) is 0.900. The Kier molecular flexibility index (Phi) is 9.44. The molecule has 0 saturated heterocycles. The molecule has 0 aromatic heterocycles. The van der Waals surface area contributed by atoms with Crippen molar-refractivity contribution in [2.75, 3.05) is 18.1 Å². The summed E-state index contributed by atoms with van der Waals surface area (Å²) in [5, 5.41) is 11.7. The maximum Gasteiger partial charge on any atom is 0.224 e. The van der Waals surface area contributed by atoms with Gasteiger partial charge in [-0.1, -0.05) is 6.42 Å². The molecule has 90 valence electrons. The van der Waals surface area contributed by atoms with Crippen molar-refractivity contribution in [2.45, 2.75) is 32.3 Å². The van der Waals surface area contributed by atoms with Crippen LogP contribution in [0.1, 0.15) is 26.2 Å². The number of aliphatic hydroxyl groups excluding tert-OH is 1. The van der Waals surface area contributed by atoms with E-state index in [4.69, 9.17) is 5.11 Å². The van der Waals surface area contributed by atoms with E-state index >= 15 is 0 Å². The van der Waals surface area contributed by atoms with Gasteiger partial charge < -0.3 is 10.4 Å². The van der Waals surface area contributed by atoms with Crippen molar-refractivity contribution < 1.29 is 9.90 Å². The third kappa shape index (κ3) is 7.99. The summed E-state index contributed by atoms with van der Waals surface area (Å²) in [6, 6.07) is 0. The number of unbranched alkanes of at least 4 members (excludes halogenated alkanes) is 1. The second kappa shape index (κ2) is 9.36. The van der Waals surface area contributed by atoms with Crippen LogP contribution in [0.4, 0.5) is 0 Å². The lowest BCUT2D eigenvalue weighted by molar-refractivity contribution is -0.124. The number of aliphatic hydroxyl groups is 1. The van der Waals surface area contributed by atoms with E-state index in [1.807, 2.05) is 0 Å². The Bertz CT molecular complexity index is 177. The van der Waals surface area contributed by atoms with E-state index in [1.165, 1.54) is 0 Å². The summed E-state index contributed by atoms with van der Waals surface area (Å²) in [5.74, 6) is 1.35. The van der Waals surface area contributed by atoms with Crippen LogP contribution in [0.25, 0.3) is 0 Å². The van der Waals surface area contributed by atoms with Gasteiger partial charge in [-0.15, -0.1) is 0 Å². The van der Waals surface area contributed by atoms with E-state index in [2.05, 4.69) is 30.6 Å². The first kappa shape index (κ1) is 15.1. The molecule has 0 aliphatic rings. The summed E-state index contributed by atoms with van der Waals surface area (Å²) in [6.07, 6.45) is 2.37. The maximum atomic E-state index is 11.6. The minimum atomic E-state index is -0.494.